The Labute approximate surface area is 107 Å². The predicted octanol–water partition coefficient (Wildman–Crippen LogP) is 3.76. The van der Waals surface area contributed by atoms with Crippen LogP contribution in [0.3, 0.4) is 0 Å². The summed E-state index contributed by atoms with van der Waals surface area (Å²) in [6, 6.07) is 6.44. The monoisotopic (exact) mass is 280 g/mol. The molecule has 1 aromatic heterocycles. The molecule has 1 heterocycles. The number of imidazole rings is 1. The summed E-state index contributed by atoms with van der Waals surface area (Å²) in [6.45, 7) is 6.52. The van der Waals surface area contributed by atoms with Gasteiger partial charge in [-0.1, -0.05) is 25.1 Å². The summed E-state index contributed by atoms with van der Waals surface area (Å²) < 4.78 is 0. The summed E-state index contributed by atoms with van der Waals surface area (Å²) >= 11 is 0. The lowest BCUT2D eigenvalue weighted by Gasteiger charge is -2.14. The van der Waals surface area contributed by atoms with Gasteiger partial charge in [0.25, 0.3) is 0 Å². The molecule has 0 radical (unpaired) electrons. The summed E-state index contributed by atoms with van der Waals surface area (Å²) in [5.41, 5.74) is 5.17. The van der Waals surface area contributed by atoms with Crippen molar-refractivity contribution in [2.24, 2.45) is 0 Å². The van der Waals surface area contributed by atoms with Crippen LogP contribution in [0.15, 0.2) is 30.7 Å². The smallest absolute Gasteiger partial charge is 0.0923 e. The Morgan fingerprint density at radius 1 is 1.25 bits per heavy atom. The molecule has 0 bridgehead atoms. The zero-order valence-corrected chi connectivity index (χ0v) is 11.5. The fourth-order valence-corrected chi connectivity index (χ4v) is 1.91. The molecular formula is C13H17BrN2. The number of aromatic amines is 1. The van der Waals surface area contributed by atoms with Crippen LogP contribution in [0.4, 0.5) is 0 Å². The molecule has 0 saturated carbocycles. The summed E-state index contributed by atoms with van der Waals surface area (Å²) in [6.07, 6.45) is 3.70. The second-order valence-corrected chi connectivity index (χ2v) is 4.00. The van der Waals surface area contributed by atoms with E-state index in [0.29, 0.717) is 5.92 Å². The van der Waals surface area contributed by atoms with Gasteiger partial charge in [0.15, 0.2) is 0 Å². The van der Waals surface area contributed by atoms with Gasteiger partial charge in [-0.3, -0.25) is 0 Å². The number of rotatable bonds is 2. The second kappa shape index (κ2) is 5.30. The molecule has 0 fully saturated rings. The summed E-state index contributed by atoms with van der Waals surface area (Å²) in [4.78, 5) is 7.31. The number of nitrogens with one attached hydrogen (secondary N) is 1. The van der Waals surface area contributed by atoms with E-state index in [4.69, 9.17) is 0 Å². The van der Waals surface area contributed by atoms with Gasteiger partial charge < -0.3 is 4.98 Å². The van der Waals surface area contributed by atoms with Crippen LogP contribution in [-0.4, -0.2) is 9.97 Å². The Morgan fingerprint density at radius 2 is 2.00 bits per heavy atom. The molecular weight excluding hydrogens is 264 g/mol. The molecule has 0 aliphatic heterocycles. The van der Waals surface area contributed by atoms with E-state index in [1.54, 1.807) is 6.33 Å². The van der Waals surface area contributed by atoms with Crippen molar-refractivity contribution in [3.05, 3.63) is 53.1 Å². The molecule has 2 nitrogen and oxygen atoms in total. The minimum Gasteiger partial charge on any atom is -0.351 e. The lowest BCUT2D eigenvalue weighted by Crippen LogP contribution is -2.00. The molecule has 1 unspecified atom stereocenters. The zero-order valence-electron chi connectivity index (χ0n) is 9.82. The van der Waals surface area contributed by atoms with Gasteiger partial charge in [0, 0.05) is 12.1 Å². The third-order valence-electron chi connectivity index (χ3n) is 3.08. The molecule has 3 heteroatoms. The van der Waals surface area contributed by atoms with Crippen molar-refractivity contribution >= 4 is 17.0 Å². The maximum atomic E-state index is 4.31. The van der Waals surface area contributed by atoms with Crippen molar-refractivity contribution in [2.75, 3.05) is 0 Å². The first-order chi connectivity index (χ1) is 7.20. The molecule has 1 N–H and O–H groups in total. The second-order valence-electron chi connectivity index (χ2n) is 4.00. The summed E-state index contributed by atoms with van der Waals surface area (Å²) in [5.74, 6) is 0.358. The summed E-state index contributed by atoms with van der Waals surface area (Å²) in [5, 5.41) is 0. The average molecular weight is 281 g/mol. The molecule has 0 aliphatic carbocycles. The third-order valence-corrected chi connectivity index (χ3v) is 3.08. The van der Waals surface area contributed by atoms with Crippen molar-refractivity contribution in [1.82, 2.24) is 9.97 Å². The minimum absolute atomic E-state index is 0. The minimum atomic E-state index is 0. The number of halogens is 1. The molecule has 0 spiro atoms. The quantitative estimate of drug-likeness (QED) is 0.892. The van der Waals surface area contributed by atoms with Crippen LogP contribution < -0.4 is 0 Å². The van der Waals surface area contributed by atoms with Crippen LogP contribution in [0.5, 0.6) is 0 Å². The topological polar surface area (TPSA) is 28.7 Å². The van der Waals surface area contributed by atoms with E-state index in [1.807, 2.05) is 6.20 Å². The first kappa shape index (κ1) is 13.0. The van der Waals surface area contributed by atoms with E-state index in [0.717, 1.165) is 5.69 Å². The van der Waals surface area contributed by atoms with E-state index in [1.165, 1.54) is 16.7 Å². The van der Waals surface area contributed by atoms with Gasteiger partial charge in [0.05, 0.1) is 12.0 Å². The Balaban J connectivity index is 0.00000128. The highest BCUT2D eigenvalue weighted by Crippen LogP contribution is 2.26. The first-order valence-electron chi connectivity index (χ1n) is 5.25. The summed E-state index contributed by atoms with van der Waals surface area (Å²) in [7, 11) is 0. The number of nitrogens with zero attached hydrogens (tertiary/aromatic N) is 1. The number of hydrogen-bond acceptors (Lipinski definition) is 1. The number of aryl methyl sites for hydroxylation is 1. The van der Waals surface area contributed by atoms with E-state index in [9.17, 15) is 0 Å². The highest BCUT2D eigenvalue weighted by Gasteiger charge is 2.12. The molecule has 0 aliphatic rings. The van der Waals surface area contributed by atoms with E-state index >= 15 is 0 Å². The van der Waals surface area contributed by atoms with Crippen LogP contribution in [-0.2, 0) is 0 Å². The average Bonchev–Trinajstić information content (AvgIpc) is 2.74. The van der Waals surface area contributed by atoms with Crippen molar-refractivity contribution in [3.8, 4) is 0 Å². The Hall–Kier alpha value is -1.09. The third kappa shape index (κ3) is 2.35. The van der Waals surface area contributed by atoms with Gasteiger partial charge >= 0.3 is 0 Å². The Kier molecular flexibility index (Phi) is 4.30. The van der Waals surface area contributed by atoms with Crippen LogP contribution in [0.1, 0.15) is 35.2 Å². The highest BCUT2D eigenvalue weighted by molar-refractivity contribution is 8.93. The van der Waals surface area contributed by atoms with Gasteiger partial charge in [-0.15, -0.1) is 17.0 Å². The lowest BCUT2D eigenvalue weighted by atomic mass is 9.92. The zero-order chi connectivity index (χ0) is 10.8. The molecule has 2 aromatic rings. The number of hydrogen-bond donors (Lipinski definition) is 1. The fraction of sp³-hybridized carbons (Fsp3) is 0.308. The predicted molar refractivity (Wildman–Crippen MR) is 72.3 cm³/mol. The van der Waals surface area contributed by atoms with Gasteiger partial charge in [0.1, 0.15) is 0 Å². The Morgan fingerprint density at radius 3 is 2.62 bits per heavy atom. The van der Waals surface area contributed by atoms with E-state index in [2.05, 4.69) is 48.9 Å². The van der Waals surface area contributed by atoms with Gasteiger partial charge in [0.2, 0.25) is 0 Å². The van der Waals surface area contributed by atoms with Gasteiger partial charge in [-0.25, -0.2) is 4.98 Å². The lowest BCUT2D eigenvalue weighted by molar-refractivity contribution is 0.871. The fourth-order valence-electron chi connectivity index (χ4n) is 1.91. The van der Waals surface area contributed by atoms with Gasteiger partial charge in [-0.05, 0) is 30.5 Å². The molecule has 16 heavy (non-hydrogen) atoms. The first-order valence-corrected chi connectivity index (χ1v) is 5.25. The number of benzene rings is 1. The van der Waals surface area contributed by atoms with Crippen LogP contribution >= 0.6 is 17.0 Å². The SMILES string of the molecule is Br.Cc1cccc(C(C)c2c[nH]cn2)c1C. The van der Waals surface area contributed by atoms with Gasteiger partial charge in [-0.2, -0.15) is 0 Å². The normalized spacial score (nSPS) is 11.9. The molecule has 1 aromatic carbocycles. The van der Waals surface area contributed by atoms with E-state index in [-0.39, 0.29) is 17.0 Å². The number of H-pyrrole nitrogens is 1. The number of aromatic nitrogens is 2. The molecule has 86 valence electrons. The molecule has 2 rings (SSSR count). The molecule has 0 amide bonds. The standard InChI is InChI=1S/C13H16N2.BrH/c1-9-5-4-6-12(10(9)2)11(3)13-7-14-8-15-13;/h4-8,11H,1-3H3,(H,14,15);1H. The van der Waals surface area contributed by atoms with Crippen molar-refractivity contribution in [1.29, 1.82) is 0 Å². The largest absolute Gasteiger partial charge is 0.351 e. The van der Waals surface area contributed by atoms with Crippen molar-refractivity contribution < 1.29 is 0 Å². The van der Waals surface area contributed by atoms with Crippen molar-refractivity contribution in [3.63, 3.8) is 0 Å². The van der Waals surface area contributed by atoms with Crippen LogP contribution in [0, 0.1) is 13.8 Å². The van der Waals surface area contributed by atoms with Crippen LogP contribution in [0.2, 0.25) is 0 Å². The van der Waals surface area contributed by atoms with E-state index < -0.39 is 0 Å². The Bertz CT molecular complexity index is 449. The van der Waals surface area contributed by atoms with Crippen LogP contribution in [0.25, 0.3) is 0 Å². The molecule has 1 atom stereocenters. The maximum Gasteiger partial charge on any atom is 0.0923 e. The highest BCUT2D eigenvalue weighted by atomic mass is 79.9. The maximum absolute atomic E-state index is 4.31. The molecule has 0 saturated heterocycles. The van der Waals surface area contributed by atoms with Crippen molar-refractivity contribution in [2.45, 2.75) is 26.7 Å².